The fraction of sp³-hybridized carbons (Fsp3) is 0.500. The molecule has 0 fully saturated rings. The van der Waals surface area contributed by atoms with Gasteiger partial charge in [-0.05, 0) is 30.7 Å². The Morgan fingerprint density at radius 1 is 1.00 bits per heavy atom. The molecule has 3 heteroatoms. The molecule has 114 valence electrons. The number of aromatic nitrogens is 2. The summed E-state index contributed by atoms with van der Waals surface area (Å²) >= 11 is 0. The zero-order chi connectivity index (χ0) is 14.8. The molecule has 1 heterocycles. The monoisotopic (exact) mass is 285 g/mol. The lowest BCUT2D eigenvalue weighted by molar-refractivity contribution is 0.572. The number of nitrogens with zero attached hydrogens (tertiary/aromatic N) is 2. The average molecular weight is 285 g/mol. The molecule has 21 heavy (non-hydrogen) atoms. The average Bonchev–Trinajstić information content (AvgIpc) is 3.05. The highest BCUT2D eigenvalue weighted by atomic mass is 15.0. The van der Waals surface area contributed by atoms with E-state index in [4.69, 9.17) is 0 Å². The van der Waals surface area contributed by atoms with E-state index in [9.17, 15) is 0 Å². The van der Waals surface area contributed by atoms with Crippen LogP contribution < -0.4 is 5.32 Å². The van der Waals surface area contributed by atoms with Gasteiger partial charge in [0.15, 0.2) is 0 Å². The fourth-order valence-electron chi connectivity index (χ4n) is 2.46. The Morgan fingerprint density at radius 3 is 2.48 bits per heavy atom. The third kappa shape index (κ3) is 5.72. The zero-order valence-electron chi connectivity index (χ0n) is 13.1. The van der Waals surface area contributed by atoms with Gasteiger partial charge in [0.25, 0.3) is 0 Å². The van der Waals surface area contributed by atoms with E-state index in [1.165, 1.54) is 44.1 Å². The molecule has 0 aliphatic heterocycles. The second kappa shape index (κ2) is 9.35. The summed E-state index contributed by atoms with van der Waals surface area (Å²) < 4.78 is 2.02. The highest BCUT2D eigenvalue weighted by molar-refractivity contribution is 5.34. The number of rotatable bonds is 10. The molecular weight excluding hydrogens is 258 g/mol. The maximum absolute atomic E-state index is 4.07. The van der Waals surface area contributed by atoms with Gasteiger partial charge < -0.3 is 9.88 Å². The van der Waals surface area contributed by atoms with Crippen molar-refractivity contribution < 1.29 is 0 Å². The molecule has 0 aliphatic rings. The summed E-state index contributed by atoms with van der Waals surface area (Å²) in [6.07, 6.45) is 13.7. The summed E-state index contributed by atoms with van der Waals surface area (Å²) in [5.74, 6) is 0. The van der Waals surface area contributed by atoms with Gasteiger partial charge in [0.05, 0.1) is 6.33 Å². The van der Waals surface area contributed by atoms with Crippen LogP contribution in [0, 0.1) is 0 Å². The van der Waals surface area contributed by atoms with E-state index in [0.29, 0.717) is 0 Å². The summed E-state index contributed by atoms with van der Waals surface area (Å²) in [5.41, 5.74) is 2.50. The molecule has 2 rings (SSSR count). The number of unbranched alkanes of at least 4 members (excludes halogenated alkanes) is 5. The van der Waals surface area contributed by atoms with Crippen LogP contribution in [-0.2, 0) is 6.54 Å². The maximum Gasteiger partial charge on any atom is 0.0991 e. The third-order valence-corrected chi connectivity index (χ3v) is 3.78. The number of nitrogens with one attached hydrogen (secondary N) is 1. The fourth-order valence-corrected chi connectivity index (χ4v) is 2.46. The van der Waals surface area contributed by atoms with E-state index in [2.05, 4.69) is 41.5 Å². The SMILES string of the molecule is CCCCCCCCNCc1ccc(-n2ccnc2)cc1. The lowest BCUT2D eigenvalue weighted by Crippen LogP contribution is -2.14. The van der Waals surface area contributed by atoms with Gasteiger partial charge in [-0.2, -0.15) is 0 Å². The minimum Gasteiger partial charge on any atom is -0.313 e. The Bertz CT molecular complexity index is 474. The molecule has 1 N–H and O–H groups in total. The van der Waals surface area contributed by atoms with Crippen molar-refractivity contribution in [2.75, 3.05) is 6.54 Å². The standard InChI is InChI=1S/C18H27N3/c1-2-3-4-5-6-7-12-19-15-17-8-10-18(11-9-17)21-14-13-20-16-21/h8-11,13-14,16,19H,2-7,12,15H2,1H3. The Labute approximate surface area is 128 Å². The summed E-state index contributed by atoms with van der Waals surface area (Å²) in [5, 5.41) is 3.53. The first-order valence-corrected chi connectivity index (χ1v) is 8.18. The molecule has 0 saturated carbocycles. The lowest BCUT2D eigenvalue weighted by atomic mass is 10.1. The van der Waals surface area contributed by atoms with Crippen LogP contribution in [0.2, 0.25) is 0 Å². The van der Waals surface area contributed by atoms with E-state index in [1.807, 2.05) is 17.1 Å². The van der Waals surface area contributed by atoms with Crippen molar-refractivity contribution >= 4 is 0 Å². The lowest BCUT2D eigenvalue weighted by Gasteiger charge is -2.07. The second-order valence-electron chi connectivity index (χ2n) is 5.58. The smallest absolute Gasteiger partial charge is 0.0991 e. The van der Waals surface area contributed by atoms with Crippen LogP contribution in [0.3, 0.4) is 0 Å². The third-order valence-electron chi connectivity index (χ3n) is 3.78. The van der Waals surface area contributed by atoms with Crippen LogP contribution in [0.25, 0.3) is 5.69 Å². The summed E-state index contributed by atoms with van der Waals surface area (Å²) in [6.45, 7) is 4.34. The van der Waals surface area contributed by atoms with Crippen LogP contribution in [0.15, 0.2) is 43.0 Å². The van der Waals surface area contributed by atoms with Crippen molar-refractivity contribution in [1.82, 2.24) is 14.9 Å². The summed E-state index contributed by atoms with van der Waals surface area (Å²) in [7, 11) is 0. The van der Waals surface area contributed by atoms with Crippen molar-refractivity contribution in [3.05, 3.63) is 48.5 Å². The molecule has 3 nitrogen and oxygen atoms in total. The minimum atomic E-state index is 0.958. The Morgan fingerprint density at radius 2 is 1.76 bits per heavy atom. The van der Waals surface area contributed by atoms with Gasteiger partial charge in [0.2, 0.25) is 0 Å². The molecule has 0 atom stereocenters. The molecule has 0 spiro atoms. The van der Waals surface area contributed by atoms with Crippen molar-refractivity contribution in [2.24, 2.45) is 0 Å². The minimum absolute atomic E-state index is 0.958. The van der Waals surface area contributed by atoms with Gasteiger partial charge in [-0.25, -0.2) is 4.98 Å². The molecule has 0 bridgehead atoms. The van der Waals surface area contributed by atoms with Crippen LogP contribution in [-0.4, -0.2) is 16.1 Å². The molecule has 0 unspecified atom stereocenters. The zero-order valence-corrected chi connectivity index (χ0v) is 13.1. The van der Waals surface area contributed by atoms with Gasteiger partial charge in [-0.1, -0.05) is 51.2 Å². The van der Waals surface area contributed by atoms with E-state index >= 15 is 0 Å². The molecule has 0 radical (unpaired) electrons. The van der Waals surface area contributed by atoms with Crippen molar-refractivity contribution in [2.45, 2.75) is 52.0 Å². The predicted octanol–water partition coefficient (Wildman–Crippen LogP) is 4.32. The molecule has 0 amide bonds. The van der Waals surface area contributed by atoms with E-state index in [1.54, 1.807) is 6.20 Å². The number of hydrogen-bond donors (Lipinski definition) is 1. The van der Waals surface area contributed by atoms with Crippen molar-refractivity contribution in [3.8, 4) is 5.69 Å². The Balaban J connectivity index is 1.61. The van der Waals surface area contributed by atoms with Gasteiger partial charge >= 0.3 is 0 Å². The van der Waals surface area contributed by atoms with Gasteiger partial charge in [0, 0.05) is 24.6 Å². The van der Waals surface area contributed by atoms with Gasteiger partial charge in [-0.3, -0.25) is 0 Å². The van der Waals surface area contributed by atoms with Crippen LogP contribution in [0.5, 0.6) is 0 Å². The highest BCUT2D eigenvalue weighted by Crippen LogP contribution is 2.09. The highest BCUT2D eigenvalue weighted by Gasteiger charge is 1.97. The topological polar surface area (TPSA) is 29.9 Å². The van der Waals surface area contributed by atoms with Gasteiger partial charge in [0.1, 0.15) is 0 Å². The number of hydrogen-bond acceptors (Lipinski definition) is 2. The first-order valence-electron chi connectivity index (χ1n) is 8.18. The number of benzene rings is 1. The molecule has 1 aromatic carbocycles. The van der Waals surface area contributed by atoms with Gasteiger partial charge in [-0.15, -0.1) is 0 Å². The second-order valence-corrected chi connectivity index (χ2v) is 5.58. The Hall–Kier alpha value is -1.61. The molecule has 0 aliphatic carbocycles. The van der Waals surface area contributed by atoms with Crippen LogP contribution in [0.4, 0.5) is 0 Å². The van der Waals surface area contributed by atoms with Crippen molar-refractivity contribution in [1.29, 1.82) is 0 Å². The quantitative estimate of drug-likeness (QED) is 0.659. The first-order chi connectivity index (χ1) is 10.4. The predicted molar refractivity (Wildman–Crippen MR) is 88.6 cm³/mol. The summed E-state index contributed by atoms with van der Waals surface area (Å²) in [6, 6.07) is 8.65. The first kappa shape index (κ1) is 15.8. The molecule has 2 aromatic rings. The normalized spacial score (nSPS) is 10.9. The van der Waals surface area contributed by atoms with Crippen LogP contribution >= 0.6 is 0 Å². The molecular formula is C18H27N3. The van der Waals surface area contributed by atoms with E-state index < -0.39 is 0 Å². The Kier molecular flexibility index (Phi) is 7.02. The van der Waals surface area contributed by atoms with Crippen molar-refractivity contribution in [3.63, 3.8) is 0 Å². The van der Waals surface area contributed by atoms with E-state index in [0.717, 1.165) is 18.8 Å². The largest absolute Gasteiger partial charge is 0.313 e. The van der Waals surface area contributed by atoms with E-state index in [-0.39, 0.29) is 0 Å². The number of imidazole rings is 1. The molecule has 1 aromatic heterocycles. The van der Waals surface area contributed by atoms with Crippen LogP contribution in [0.1, 0.15) is 51.0 Å². The molecule has 0 saturated heterocycles. The summed E-state index contributed by atoms with van der Waals surface area (Å²) in [4.78, 5) is 4.07. The maximum atomic E-state index is 4.07.